The molecule has 4 aromatic rings. The summed E-state index contributed by atoms with van der Waals surface area (Å²) in [5.41, 5.74) is 12.0. The zero-order valence-corrected chi connectivity index (χ0v) is 19.2. The van der Waals surface area contributed by atoms with E-state index in [0.717, 1.165) is 15.7 Å². The van der Waals surface area contributed by atoms with E-state index in [9.17, 15) is 19.2 Å². The Kier molecular flexibility index (Phi) is 6.77. The van der Waals surface area contributed by atoms with Gasteiger partial charge in [0, 0.05) is 17.7 Å². The standard InChI is InChI=1S/C26H24N6O4/c27-23(28)18-8-6-16(7-9-18)13-30-22(33)15-31-21-12-19(24(29)34)10-11-20(21)25(35)32(26(31)36)14-17-4-2-1-3-5-17/h1-12H,13-15H2,(H3,27,28)(H2,29,34)(H,30,33). The number of nitrogens with two attached hydrogens (primary N) is 2. The van der Waals surface area contributed by atoms with E-state index < -0.39 is 23.1 Å². The zero-order valence-electron chi connectivity index (χ0n) is 19.2. The number of aromatic nitrogens is 2. The molecule has 0 atom stereocenters. The molecule has 4 rings (SSSR count). The van der Waals surface area contributed by atoms with Crippen molar-refractivity contribution < 1.29 is 9.59 Å². The molecule has 0 aliphatic heterocycles. The SMILES string of the molecule is N=C(N)c1ccc(CNC(=O)Cn2c(=O)n(Cc3ccccc3)c(=O)c3ccc(C(N)=O)cc32)cc1. The molecule has 0 aliphatic rings. The van der Waals surface area contributed by atoms with E-state index in [1.807, 2.05) is 6.07 Å². The fraction of sp³-hybridized carbons (Fsp3) is 0.115. The Morgan fingerprint density at radius 1 is 0.833 bits per heavy atom. The van der Waals surface area contributed by atoms with Crippen molar-refractivity contribution in [1.82, 2.24) is 14.5 Å². The van der Waals surface area contributed by atoms with Gasteiger partial charge in [-0.1, -0.05) is 54.6 Å². The van der Waals surface area contributed by atoms with Crippen LogP contribution in [-0.2, 0) is 24.4 Å². The Bertz CT molecular complexity index is 1590. The molecule has 0 fully saturated rings. The number of carbonyl (C=O) groups is 2. The Morgan fingerprint density at radius 2 is 1.50 bits per heavy atom. The van der Waals surface area contributed by atoms with Crippen LogP contribution in [0.4, 0.5) is 0 Å². The molecule has 3 aromatic carbocycles. The van der Waals surface area contributed by atoms with Gasteiger partial charge in [0.05, 0.1) is 17.4 Å². The fourth-order valence-electron chi connectivity index (χ4n) is 3.83. The summed E-state index contributed by atoms with van der Waals surface area (Å²) >= 11 is 0. The first-order valence-corrected chi connectivity index (χ1v) is 11.1. The number of hydrogen-bond acceptors (Lipinski definition) is 5. The molecule has 182 valence electrons. The maximum absolute atomic E-state index is 13.4. The quantitative estimate of drug-likeness (QED) is 0.215. The van der Waals surface area contributed by atoms with Crippen LogP contribution in [0.3, 0.4) is 0 Å². The van der Waals surface area contributed by atoms with Crippen LogP contribution in [0.2, 0.25) is 0 Å². The molecule has 0 radical (unpaired) electrons. The summed E-state index contributed by atoms with van der Waals surface area (Å²) in [5.74, 6) is -1.25. The summed E-state index contributed by atoms with van der Waals surface area (Å²) in [4.78, 5) is 51.1. The summed E-state index contributed by atoms with van der Waals surface area (Å²) in [6, 6.07) is 20.0. The number of amides is 2. The van der Waals surface area contributed by atoms with Crippen LogP contribution in [-0.4, -0.2) is 26.8 Å². The average Bonchev–Trinajstić information content (AvgIpc) is 2.88. The normalized spacial score (nSPS) is 10.8. The van der Waals surface area contributed by atoms with Crippen molar-refractivity contribution in [1.29, 1.82) is 5.41 Å². The van der Waals surface area contributed by atoms with Crippen LogP contribution in [0.1, 0.15) is 27.0 Å². The Hall–Kier alpha value is -4.99. The minimum Gasteiger partial charge on any atom is -0.384 e. The van der Waals surface area contributed by atoms with Gasteiger partial charge >= 0.3 is 5.69 Å². The number of primary amides is 1. The van der Waals surface area contributed by atoms with Crippen molar-refractivity contribution in [3.05, 3.63) is 116 Å². The maximum atomic E-state index is 13.4. The van der Waals surface area contributed by atoms with Crippen LogP contribution >= 0.6 is 0 Å². The Labute approximate surface area is 205 Å². The van der Waals surface area contributed by atoms with Gasteiger partial charge in [-0.05, 0) is 29.3 Å². The van der Waals surface area contributed by atoms with Crippen molar-refractivity contribution in [3.63, 3.8) is 0 Å². The molecule has 6 N–H and O–H groups in total. The molecule has 0 spiro atoms. The molecule has 36 heavy (non-hydrogen) atoms. The molecule has 10 heteroatoms. The van der Waals surface area contributed by atoms with Crippen molar-refractivity contribution in [3.8, 4) is 0 Å². The third kappa shape index (κ3) is 5.07. The summed E-state index contributed by atoms with van der Waals surface area (Å²) in [7, 11) is 0. The summed E-state index contributed by atoms with van der Waals surface area (Å²) < 4.78 is 2.23. The Morgan fingerprint density at radius 3 is 2.14 bits per heavy atom. The van der Waals surface area contributed by atoms with Gasteiger partial charge in [-0.25, -0.2) is 4.79 Å². The van der Waals surface area contributed by atoms with Crippen LogP contribution in [0.5, 0.6) is 0 Å². The number of benzene rings is 3. The number of nitrogen functional groups attached to an aromatic ring is 1. The Balaban J connectivity index is 1.69. The van der Waals surface area contributed by atoms with Gasteiger partial charge in [0.2, 0.25) is 11.8 Å². The van der Waals surface area contributed by atoms with Crippen LogP contribution in [0.15, 0.2) is 82.4 Å². The second kappa shape index (κ2) is 10.1. The van der Waals surface area contributed by atoms with Gasteiger partial charge in [0.25, 0.3) is 5.56 Å². The van der Waals surface area contributed by atoms with Crippen molar-refractivity contribution in [2.24, 2.45) is 11.5 Å². The average molecular weight is 485 g/mol. The summed E-state index contributed by atoms with van der Waals surface area (Å²) in [6.07, 6.45) is 0. The van der Waals surface area contributed by atoms with Gasteiger partial charge in [-0.3, -0.25) is 28.9 Å². The smallest absolute Gasteiger partial charge is 0.332 e. The first-order valence-electron chi connectivity index (χ1n) is 11.1. The molecule has 0 unspecified atom stereocenters. The van der Waals surface area contributed by atoms with E-state index >= 15 is 0 Å². The first-order chi connectivity index (χ1) is 17.2. The van der Waals surface area contributed by atoms with E-state index in [2.05, 4.69) is 5.32 Å². The second-order valence-electron chi connectivity index (χ2n) is 8.23. The highest BCUT2D eigenvalue weighted by Gasteiger charge is 2.17. The molecule has 2 amide bonds. The van der Waals surface area contributed by atoms with E-state index in [0.29, 0.717) is 5.56 Å². The zero-order chi connectivity index (χ0) is 25.8. The third-order valence-electron chi connectivity index (χ3n) is 5.75. The number of nitrogens with zero attached hydrogens (tertiary/aromatic N) is 2. The number of fused-ring (bicyclic) bond motifs is 1. The predicted molar refractivity (Wildman–Crippen MR) is 136 cm³/mol. The highest BCUT2D eigenvalue weighted by Crippen LogP contribution is 2.12. The number of carbonyl (C=O) groups excluding carboxylic acids is 2. The van der Waals surface area contributed by atoms with Gasteiger partial charge in [0.1, 0.15) is 12.4 Å². The molecule has 0 saturated heterocycles. The number of rotatable bonds is 8. The third-order valence-corrected chi connectivity index (χ3v) is 5.75. The molecular formula is C26H24N6O4. The lowest BCUT2D eigenvalue weighted by molar-refractivity contribution is -0.121. The molecule has 0 aliphatic carbocycles. The lowest BCUT2D eigenvalue weighted by Gasteiger charge is -2.15. The van der Waals surface area contributed by atoms with Crippen molar-refractivity contribution in [2.75, 3.05) is 0 Å². The fourth-order valence-corrected chi connectivity index (χ4v) is 3.83. The number of amidine groups is 1. The summed E-state index contributed by atoms with van der Waals surface area (Å²) in [6.45, 7) is -0.172. The molecule has 0 saturated carbocycles. The van der Waals surface area contributed by atoms with E-state index in [-0.39, 0.29) is 41.9 Å². The predicted octanol–water partition coefficient (Wildman–Crippen LogP) is 0.911. The second-order valence-corrected chi connectivity index (χ2v) is 8.23. The van der Waals surface area contributed by atoms with Gasteiger partial charge in [0.15, 0.2) is 0 Å². The van der Waals surface area contributed by atoms with Crippen molar-refractivity contribution >= 4 is 28.6 Å². The minimum absolute atomic E-state index is 0.0239. The first kappa shape index (κ1) is 24.1. The van der Waals surface area contributed by atoms with Gasteiger partial charge in [-0.15, -0.1) is 0 Å². The molecule has 0 bridgehead atoms. The monoisotopic (exact) mass is 484 g/mol. The molecular weight excluding hydrogens is 460 g/mol. The van der Waals surface area contributed by atoms with Crippen LogP contribution < -0.4 is 28.0 Å². The van der Waals surface area contributed by atoms with Gasteiger partial charge < -0.3 is 16.8 Å². The molecule has 10 nitrogen and oxygen atoms in total. The van der Waals surface area contributed by atoms with Crippen LogP contribution in [0, 0.1) is 5.41 Å². The van der Waals surface area contributed by atoms with Crippen LogP contribution in [0.25, 0.3) is 10.9 Å². The van der Waals surface area contributed by atoms with E-state index in [1.54, 1.807) is 48.5 Å². The summed E-state index contributed by atoms with van der Waals surface area (Å²) in [5, 5.41) is 10.4. The number of nitrogens with one attached hydrogen (secondary N) is 2. The lowest BCUT2D eigenvalue weighted by atomic mass is 10.1. The minimum atomic E-state index is -0.720. The van der Waals surface area contributed by atoms with Crippen molar-refractivity contribution in [2.45, 2.75) is 19.6 Å². The van der Waals surface area contributed by atoms with E-state index in [1.165, 1.54) is 22.8 Å². The molecule has 1 heterocycles. The topological polar surface area (TPSA) is 166 Å². The lowest BCUT2D eigenvalue weighted by Crippen LogP contribution is -2.42. The molecule has 1 aromatic heterocycles. The highest BCUT2D eigenvalue weighted by molar-refractivity contribution is 5.97. The number of hydrogen-bond donors (Lipinski definition) is 4. The largest absolute Gasteiger partial charge is 0.384 e. The van der Waals surface area contributed by atoms with E-state index in [4.69, 9.17) is 16.9 Å². The highest BCUT2D eigenvalue weighted by atomic mass is 16.2. The maximum Gasteiger partial charge on any atom is 0.332 e. The van der Waals surface area contributed by atoms with Gasteiger partial charge in [-0.2, -0.15) is 0 Å².